The number of para-hydroxylation sites is 1. The van der Waals surface area contributed by atoms with E-state index in [4.69, 9.17) is 0 Å². The van der Waals surface area contributed by atoms with E-state index in [2.05, 4.69) is 0 Å². The summed E-state index contributed by atoms with van der Waals surface area (Å²) in [7, 11) is -1.77. The highest BCUT2D eigenvalue weighted by atomic mass is 32.2. The molecule has 1 aliphatic heterocycles. The van der Waals surface area contributed by atoms with Crippen LogP contribution in [0.2, 0.25) is 0 Å². The highest BCUT2D eigenvalue weighted by Crippen LogP contribution is 2.26. The molecule has 29 heavy (non-hydrogen) atoms. The number of rotatable bonds is 5. The van der Waals surface area contributed by atoms with Crippen molar-refractivity contribution in [3.63, 3.8) is 0 Å². The number of sulfonamides is 1. The fraction of sp³-hybridized carbons (Fsp3) is 0.409. The van der Waals surface area contributed by atoms with Crippen molar-refractivity contribution in [1.29, 1.82) is 0 Å². The molecule has 1 heterocycles. The maximum atomic E-state index is 13.2. The van der Waals surface area contributed by atoms with Gasteiger partial charge in [0.25, 0.3) is 0 Å². The van der Waals surface area contributed by atoms with E-state index in [9.17, 15) is 13.2 Å². The Bertz CT molecular complexity index is 959. The molecule has 0 spiro atoms. The summed E-state index contributed by atoms with van der Waals surface area (Å²) in [5.74, 6) is -0.00210. The van der Waals surface area contributed by atoms with Crippen LogP contribution in [0.1, 0.15) is 16.7 Å². The van der Waals surface area contributed by atoms with Gasteiger partial charge in [-0.25, -0.2) is 8.42 Å². The van der Waals surface area contributed by atoms with Crippen LogP contribution in [0.25, 0.3) is 0 Å². The second kappa shape index (κ2) is 8.65. The first kappa shape index (κ1) is 21.5. The summed E-state index contributed by atoms with van der Waals surface area (Å²) in [6.07, 6.45) is 0. The third-order valence-corrected chi connectivity index (χ3v) is 7.62. The second-order valence-corrected chi connectivity index (χ2v) is 9.57. The molecule has 0 bridgehead atoms. The van der Waals surface area contributed by atoms with Gasteiger partial charge < -0.3 is 4.90 Å². The molecule has 0 aromatic heterocycles. The van der Waals surface area contributed by atoms with E-state index in [0.717, 1.165) is 22.4 Å². The Kier molecular flexibility index (Phi) is 6.41. The van der Waals surface area contributed by atoms with Crippen LogP contribution in [0, 0.1) is 20.8 Å². The van der Waals surface area contributed by atoms with Crippen LogP contribution in [0.5, 0.6) is 0 Å². The number of anilines is 1. The third kappa shape index (κ3) is 4.69. The number of carbonyl (C=O) groups excluding carboxylic acids is 1. The maximum absolute atomic E-state index is 13.2. The molecule has 0 radical (unpaired) electrons. The maximum Gasteiger partial charge on any atom is 0.243 e. The molecule has 3 rings (SSSR count). The average molecular weight is 416 g/mol. The van der Waals surface area contributed by atoms with Crippen molar-refractivity contribution in [2.75, 3.05) is 44.7 Å². The Labute approximate surface area is 173 Å². The van der Waals surface area contributed by atoms with E-state index in [1.165, 1.54) is 0 Å². The summed E-state index contributed by atoms with van der Waals surface area (Å²) in [6.45, 7) is 7.80. The summed E-state index contributed by atoms with van der Waals surface area (Å²) in [4.78, 5) is 16.7. The minimum absolute atomic E-state index is 0.00210. The Morgan fingerprint density at radius 3 is 2.07 bits per heavy atom. The Balaban J connectivity index is 1.64. The number of nitrogens with zero attached hydrogens (tertiary/aromatic N) is 3. The van der Waals surface area contributed by atoms with Crippen LogP contribution >= 0.6 is 0 Å². The molecule has 156 valence electrons. The van der Waals surface area contributed by atoms with Crippen molar-refractivity contribution in [2.24, 2.45) is 0 Å². The largest absolute Gasteiger partial charge is 0.314 e. The van der Waals surface area contributed by atoms with Gasteiger partial charge in [-0.15, -0.1) is 0 Å². The van der Waals surface area contributed by atoms with Crippen LogP contribution in [-0.4, -0.2) is 63.3 Å². The van der Waals surface area contributed by atoms with Crippen LogP contribution in [-0.2, 0) is 14.8 Å². The molecule has 0 N–H and O–H groups in total. The first-order valence-corrected chi connectivity index (χ1v) is 11.3. The Morgan fingerprint density at radius 2 is 1.52 bits per heavy atom. The Hall–Kier alpha value is -2.22. The zero-order valence-electron chi connectivity index (χ0n) is 17.6. The number of amides is 1. The molecule has 0 atom stereocenters. The molecular weight excluding hydrogens is 386 g/mol. The van der Waals surface area contributed by atoms with Gasteiger partial charge in [-0.1, -0.05) is 35.9 Å². The molecule has 7 heteroatoms. The second-order valence-electron chi connectivity index (χ2n) is 7.70. The monoisotopic (exact) mass is 415 g/mol. The number of hydrogen-bond acceptors (Lipinski definition) is 4. The van der Waals surface area contributed by atoms with Gasteiger partial charge >= 0.3 is 0 Å². The fourth-order valence-electron chi connectivity index (χ4n) is 3.92. The number of aryl methyl sites for hydroxylation is 3. The molecule has 2 aromatic rings. The molecule has 0 unspecified atom stereocenters. The molecule has 1 aliphatic rings. The number of carbonyl (C=O) groups is 1. The molecule has 1 amide bonds. The van der Waals surface area contributed by atoms with E-state index >= 15 is 0 Å². The predicted octanol–water partition coefficient (Wildman–Crippen LogP) is 2.58. The number of benzene rings is 2. The van der Waals surface area contributed by atoms with Crippen LogP contribution in [0.15, 0.2) is 47.4 Å². The Morgan fingerprint density at radius 1 is 0.966 bits per heavy atom. The highest BCUT2D eigenvalue weighted by Gasteiger charge is 2.31. The van der Waals surface area contributed by atoms with Gasteiger partial charge in [0, 0.05) is 38.9 Å². The highest BCUT2D eigenvalue weighted by molar-refractivity contribution is 7.89. The number of hydrogen-bond donors (Lipinski definition) is 0. The minimum atomic E-state index is -3.54. The smallest absolute Gasteiger partial charge is 0.243 e. The van der Waals surface area contributed by atoms with Crippen molar-refractivity contribution in [2.45, 2.75) is 25.7 Å². The lowest BCUT2D eigenvalue weighted by Gasteiger charge is -2.34. The fourth-order valence-corrected chi connectivity index (χ4v) is 5.76. The molecule has 2 aromatic carbocycles. The van der Waals surface area contributed by atoms with Crippen molar-refractivity contribution >= 4 is 21.6 Å². The molecule has 6 nitrogen and oxygen atoms in total. The lowest BCUT2D eigenvalue weighted by molar-refractivity contribution is -0.119. The molecular formula is C22H29N3O3S. The van der Waals surface area contributed by atoms with E-state index in [-0.39, 0.29) is 12.5 Å². The van der Waals surface area contributed by atoms with E-state index in [1.807, 2.05) is 68.1 Å². The third-order valence-electron chi connectivity index (χ3n) is 5.41. The number of piperazine rings is 1. The van der Waals surface area contributed by atoms with Gasteiger partial charge in [0.05, 0.1) is 11.4 Å². The van der Waals surface area contributed by atoms with Crippen molar-refractivity contribution in [3.05, 3.63) is 59.2 Å². The van der Waals surface area contributed by atoms with Gasteiger partial charge in [-0.05, 0) is 44.0 Å². The van der Waals surface area contributed by atoms with Gasteiger partial charge in [-0.2, -0.15) is 4.31 Å². The summed E-state index contributed by atoms with van der Waals surface area (Å²) < 4.78 is 27.9. The molecule has 0 saturated carbocycles. The zero-order chi connectivity index (χ0) is 21.2. The summed E-state index contributed by atoms with van der Waals surface area (Å²) in [5.41, 5.74) is 3.48. The van der Waals surface area contributed by atoms with Gasteiger partial charge in [0.1, 0.15) is 0 Å². The SMILES string of the molecule is Cc1cc(C)c(S(=O)(=O)N2CCN(CC(=O)N(C)c3ccccc3)CC2)c(C)c1. The summed E-state index contributed by atoms with van der Waals surface area (Å²) >= 11 is 0. The van der Waals surface area contributed by atoms with E-state index < -0.39 is 10.0 Å². The molecule has 1 saturated heterocycles. The van der Waals surface area contributed by atoms with Crippen LogP contribution in [0.4, 0.5) is 5.69 Å². The summed E-state index contributed by atoms with van der Waals surface area (Å²) in [5, 5.41) is 0. The molecule has 0 aliphatic carbocycles. The summed E-state index contributed by atoms with van der Waals surface area (Å²) in [6, 6.07) is 13.3. The van der Waals surface area contributed by atoms with Crippen molar-refractivity contribution < 1.29 is 13.2 Å². The van der Waals surface area contributed by atoms with Crippen LogP contribution < -0.4 is 4.90 Å². The van der Waals surface area contributed by atoms with Gasteiger partial charge in [0.2, 0.25) is 15.9 Å². The van der Waals surface area contributed by atoms with Gasteiger partial charge in [-0.3, -0.25) is 9.69 Å². The topological polar surface area (TPSA) is 60.9 Å². The van der Waals surface area contributed by atoms with E-state index in [1.54, 1.807) is 16.3 Å². The number of likely N-dealkylation sites (N-methyl/N-ethyl adjacent to an activating group) is 1. The first-order valence-electron chi connectivity index (χ1n) is 9.82. The minimum Gasteiger partial charge on any atom is -0.314 e. The van der Waals surface area contributed by atoms with E-state index in [0.29, 0.717) is 31.1 Å². The normalized spacial score (nSPS) is 16.0. The zero-order valence-corrected chi connectivity index (χ0v) is 18.4. The lowest BCUT2D eigenvalue weighted by atomic mass is 10.1. The molecule has 1 fully saturated rings. The predicted molar refractivity (Wildman–Crippen MR) is 116 cm³/mol. The van der Waals surface area contributed by atoms with Crippen molar-refractivity contribution in [3.8, 4) is 0 Å². The van der Waals surface area contributed by atoms with Gasteiger partial charge in [0.15, 0.2) is 0 Å². The first-order chi connectivity index (χ1) is 13.7. The lowest BCUT2D eigenvalue weighted by Crippen LogP contribution is -2.51. The average Bonchev–Trinajstić information content (AvgIpc) is 2.67. The quantitative estimate of drug-likeness (QED) is 0.753. The van der Waals surface area contributed by atoms with Crippen molar-refractivity contribution in [1.82, 2.24) is 9.21 Å². The standard InChI is InChI=1S/C22H29N3O3S/c1-17-14-18(2)22(19(3)15-17)29(27,28)25-12-10-24(11-13-25)16-21(26)23(4)20-8-6-5-7-9-20/h5-9,14-15H,10-13,16H2,1-4H3. The van der Waals surface area contributed by atoms with Crippen LogP contribution in [0.3, 0.4) is 0 Å².